The fourth-order valence-corrected chi connectivity index (χ4v) is 2.54. The fraction of sp³-hybridized carbons (Fsp3) is 0. The van der Waals surface area contributed by atoms with Crippen LogP contribution >= 0.6 is 0 Å². The molecule has 2 aromatic carbocycles. The summed E-state index contributed by atoms with van der Waals surface area (Å²) >= 11 is 0. The van der Waals surface area contributed by atoms with Gasteiger partial charge in [-0.3, -0.25) is 0 Å². The first-order valence-corrected chi connectivity index (χ1v) is 6.08. The van der Waals surface area contributed by atoms with E-state index in [0.29, 0.717) is 5.39 Å². The third kappa shape index (κ3) is 3.01. The average Bonchev–Trinajstić information content (AvgIpc) is 2.28. The number of benzene rings is 2. The quantitative estimate of drug-likeness (QED) is 0.490. The Bertz CT molecular complexity index is 630. The number of fused-ring (bicyclic) bond motifs is 1. The molecule has 2 aromatic rings. The molecule has 0 heterocycles. The van der Waals surface area contributed by atoms with Gasteiger partial charge in [-0.05, 0) is 11.5 Å². The van der Waals surface area contributed by atoms with Crippen LogP contribution in [0.2, 0.25) is 0 Å². The zero-order valence-electron chi connectivity index (χ0n) is 9.17. The first kappa shape index (κ1) is 14.5. The molecule has 17 heavy (non-hydrogen) atoms. The molecule has 0 N–H and O–H groups in total. The van der Waals surface area contributed by atoms with Crippen molar-refractivity contribution in [1.82, 2.24) is 0 Å². The van der Waals surface area contributed by atoms with Crippen molar-refractivity contribution in [3.05, 3.63) is 55.3 Å². The first-order chi connectivity index (χ1) is 7.65. The molecular weight excluding hydrogens is 264 g/mol. The third-order valence-corrected chi connectivity index (χ3v) is 3.50. The van der Waals surface area contributed by atoms with Crippen molar-refractivity contribution in [3.8, 4) is 0 Å². The van der Waals surface area contributed by atoms with Crippen molar-refractivity contribution in [1.29, 1.82) is 0 Å². The van der Waals surface area contributed by atoms with Crippen LogP contribution in [-0.4, -0.2) is 46.2 Å². The van der Waals surface area contributed by atoms with Gasteiger partial charge in [-0.2, -0.15) is 8.42 Å². The van der Waals surface area contributed by atoms with E-state index in [1.54, 1.807) is 18.2 Å². The fourth-order valence-electron chi connectivity index (χ4n) is 1.56. The molecule has 3 nitrogen and oxygen atoms in total. The van der Waals surface area contributed by atoms with Crippen LogP contribution in [0.3, 0.4) is 0 Å². The minimum atomic E-state index is -3.75. The molecule has 0 saturated heterocycles. The Hall–Kier alpha value is -0.550. The summed E-state index contributed by atoms with van der Waals surface area (Å²) in [6.07, 6.45) is 0.914. The van der Waals surface area contributed by atoms with Crippen LogP contribution < -0.4 is 0 Å². The Balaban J connectivity index is 0.00000144. The van der Waals surface area contributed by atoms with Gasteiger partial charge in [0, 0.05) is 43.1 Å². The van der Waals surface area contributed by atoms with Gasteiger partial charge in [0.15, 0.2) is 0 Å². The Morgan fingerprint density at radius 2 is 1.71 bits per heavy atom. The van der Waals surface area contributed by atoms with Crippen LogP contribution in [-0.2, 0) is 14.3 Å². The van der Waals surface area contributed by atoms with Gasteiger partial charge in [0.2, 0.25) is 0 Å². The summed E-state index contributed by atoms with van der Waals surface area (Å²) in [6.45, 7) is 3.25. The summed E-state index contributed by atoms with van der Waals surface area (Å²) in [5, 5.41) is 1.50. The van der Waals surface area contributed by atoms with Crippen LogP contribution in [0.4, 0.5) is 0 Å². The van der Waals surface area contributed by atoms with E-state index < -0.39 is 10.1 Å². The molecule has 0 fully saturated rings. The minimum Gasteiger partial charge on any atom is -0.388 e. The van der Waals surface area contributed by atoms with Gasteiger partial charge in [0.25, 0.3) is 0 Å². The molecule has 0 saturated carbocycles. The second-order valence-corrected chi connectivity index (χ2v) is 4.73. The van der Waals surface area contributed by atoms with E-state index >= 15 is 0 Å². The van der Waals surface area contributed by atoms with Gasteiger partial charge in [0.05, 0.1) is 6.26 Å². The zero-order valence-corrected chi connectivity index (χ0v) is 12.2. The molecule has 2 radical (unpaired) electrons. The van der Waals surface area contributed by atoms with Crippen LogP contribution in [0.5, 0.6) is 0 Å². The van der Waals surface area contributed by atoms with Crippen molar-refractivity contribution >= 4 is 58.6 Å². The van der Waals surface area contributed by atoms with Crippen LogP contribution in [0, 0.1) is 0 Å². The molecule has 0 aromatic heterocycles. The van der Waals surface area contributed by atoms with Gasteiger partial charge >= 0.3 is 10.1 Å². The summed E-state index contributed by atoms with van der Waals surface area (Å²) in [5.74, 6) is 0. The molecule has 0 atom stereocenters. The van der Waals surface area contributed by atoms with Gasteiger partial charge in [0.1, 0.15) is 4.90 Å². The first-order valence-electron chi connectivity index (χ1n) is 4.67. The molecule has 5 heteroatoms. The smallest absolute Gasteiger partial charge is 0.339 e. The van der Waals surface area contributed by atoms with Gasteiger partial charge in [-0.25, -0.2) is 0 Å². The van der Waals surface area contributed by atoms with Crippen LogP contribution in [0.25, 0.3) is 10.8 Å². The normalized spacial score (nSPS) is 10.6. The van der Waals surface area contributed by atoms with Crippen molar-refractivity contribution in [2.75, 3.05) is 0 Å². The molecule has 84 valence electrons. The molecule has 0 spiro atoms. The maximum Gasteiger partial charge on any atom is 0.339 e. The topological polar surface area (TPSA) is 43.4 Å². The predicted octanol–water partition coefficient (Wildman–Crippen LogP) is 2.31. The Kier molecular flexibility index (Phi) is 5.01. The summed E-state index contributed by atoms with van der Waals surface area (Å²) < 4.78 is 28.1. The van der Waals surface area contributed by atoms with Gasteiger partial charge in [-0.1, -0.05) is 43.0 Å². The number of hydrogen-bond donors (Lipinski definition) is 0. The Morgan fingerprint density at radius 3 is 2.41 bits per heavy atom. The number of hydrogen-bond acceptors (Lipinski definition) is 3. The standard InChI is InChI=1S/C12H10O3S.Ca/c1-2-15-16(13,14)12-9-5-7-10-6-3-4-8-11(10)12;/h2-9H,1H2;. The van der Waals surface area contributed by atoms with Crippen LogP contribution in [0.1, 0.15) is 0 Å². The Morgan fingerprint density at radius 1 is 1.06 bits per heavy atom. The van der Waals surface area contributed by atoms with E-state index in [9.17, 15) is 8.42 Å². The number of rotatable bonds is 3. The molecule has 0 unspecified atom stereocenters. The predicted molar refractivity (Wildman–Crippen MR) is 68.2 cm³/mol. The summed E-state index contributed by atoms with van der Waals surface area (Å²) in [5.41, 5.74) is 0. The molecule has 0 aliphatic carbocycles. The zero-order chi connectivity index (χ0) is 11.6. The molecule has 0 amide bonds. The molecule has 0 aliphatic heterocycles. The van der Waals surface area contributed by atoms with E-state index in [4.69, 9.17) is 0 Å². The summed E-state index contributed by atoms with van der Waals surface area (Å²) in [6, 6.07) is 12.3. The van der Waals surface area contributed by atoms with E-state index in [0.717, 1.165) is 11.6 Å². The SMILES string of the molecule is C=COS(=O)(=O)c1cccc2ccccc12.[Ca]. The largest absolute Gasteiger partial charge is 0.388 e. The molecule has 2 rings (SSSR count). The van der Waals surface area contributed by atoms with E-state index in [-0.39, 0.29) is 42.6 Å². The summed E-state index contributed by atoms with van der Waals surface area (Å²) in [7, 11) is -3.75. The van der Waals surface area contributed by atoms with Gasteiger partial charge < -0.3 is 4.18 Å². The monoisotopic (exact) mass is 274 g/mol. The molecular formula is C12H10CaO3S. The maximum atomic E-state index is 11.8. The Labute approximate surface area is 130 Å². The second-order valence-electron chi connectivity index (χ2n) is 3.19. The van der Waals surface area contributed by atoms with Crippen molar-refractivity contribution in [2.45, 2.75) is 4.90 Å². The second kappa shape index (κ2) is 5.87. The average molecular weight is 274 g/mol. The van der Waals surface area contributed by atoms with Crippen LogP contribution in [0.15, 0.2) is 60.2 Å². The van der Waals surface area contributed by atoms with Crippen molar-refractivity contribution in [3.63, 3.8) is 0 Å². The van der Waals surface area contributed by atoms with Gasteiger partial charge in [-0.15, -0.1) is 0 Å². The van der Waals surface area contributed by atoms with Crippen molar-refractivity contribution in [2.24, 2.45) is 0 Å². The third-order valence-electron chi connectivity index (χ3n) is 2.21. The van der Waals surface area contributed by atoms with E-state index in [1.807, 2.05) is 18.2 Å². The molecule has 0 bridgehead atoms. The maximum absolute atomic E-state index is 11.8. The van der Waals surface area contributed by atoms with E-state index in [2.05, 4.69) is 10.8 Å². The van der Waals surface area contributed by atoms with E-state index in [1.165, 1.54) is 6.07 Å². The summed E-state index contributed by atoms with van der Waals surface area (Å²) in [4.78, 5) is 0.158. The molecule has 0 aliphatic rings. The minimum absolute atomic E-state index is 0. The van der Waals surface area contributed by atoms with Crippen molar-refractivity contribution < 1.29 is 12.6 Å².